The quantitative estimate of drug-likeness (QED) is 0.351. The van der Waals surface area contributed by atoms with Gasteiger partial charge in [0.15, 0.2) is 17.7 Å². The van der Waals surface area contributed by atoms with Gasteiger partial charge >= 0.3 is 5.97 Å². The van der Waals surface area contributed by atoms with Gasteiger partial charge < -0.3 is 19.5 Å². The maximum atomic E-state index is 15.6. The summed E-state index contributed by atoms with van der Waals surface area (Å²) in [6.45, 7) is 17.8. The number of aryl methyl sites for hydroxylation is 2. The van der Waals surface area contributed by atoms with Gasteiger partial charge in [0.25, 0.3) is 0 Å². The smallest absolute Gasteiger partial charge is 0.337 e. The molecule has 2 atom stereocenters. The third-order valence-corrected chi connectivity index (χ3v) is 8.15. The molecular formula is C34H45FN2O4. The number of pyridine rings is 1. The number of hydrogen-bond donors (Lipinski definition) is 1. The van der Waals surface area contributed by atoms with Crippen molar-refractivity contribution in [1.29, 1.82) is 0 Å². The van der Waals surface area contributed by atoms with E-state index >= 15 is 4.39 Å². The highest BCUT2D eigenvalue weighted by atomic mass is 19.1. The summed E-state index contributed by atoms with van der Waals surface area (Å²) in [6, 6.07) is 4.99. The number of aliphatic carboxylic acids is 1. The highest BCUT2D eigenvalue weighted by molar-refractivity contribution is 5.88. The number of carbonyl (C=O) groups is 1. The van der Waals surface area contributed by atoms with Gasteiger partial charge in [-0.05, 0) is 88.5 Å². The molecule has 1 unspecified atom stereocenters. The van der Waals surface area contributed by atoms with Gasteiger partial charge in [0, 0.05) is 35.6 Å². The molecule has 2 aliphatic rings. The molecule has 2 heterocycles. The standard InChI is InChI=1S/C34H45FN2O4/c1-21-11-9-10-12-25(21)20-40-27-14-13-24(19-26(27)35)28-22(2)36-23(3)29(31(32(38)39)41-33(4,5)6)30(28)37-17-15-34(7,8)16-18-37/h9-10,12-14,19,21,31H,11,15-18,20H2,1-8H3,(H,38,39)/t21?,31-/m0/s1. The molecule has 222 valence electrons. The second-order valence-electron chi connectivity index (χ2n) is 13.3. The molecule has 2 aromatic rings. The number of aromatic nitrogens is 1. The average molecular weight is 565 g/mol. The molecule has 1 aliphatic heterocycles. The number of allylic oxidation sites excluding steroid dienone is 3. The minimum Gasteiger partial charge on any atom is -0.486 e. The Morgan fingerprint density at radius 1 is 1.20 bits per heavy atom. The fourth-order valence-electron chi connectivity index (χ4n) is 5.67. The van der Waals surface area contributed by atoms with E-state index in [1.807, 2.05) is 52.8 Å². The third-order valence-electron chi connectivity index (χ3n) is 8.15. The van der Waals surface area contributed by atoms with Crippen LogP contribution in [0.15, 0.2) is 42.0 Å². The van der Waals surface area contributed by atoms with Crippen molar-refractivity contribution < 1.29 is 23.8 Å². The topological polar surface area (TPSA) is 71.9 Å². The molecule has 1 aromatic carbocycles. The van der Waals surface area contributed by atoms with Crippen LogP contribution in [0, 0.1) is 31.0 Å². The van der Waals surface area contributed by atoms with Crippen molar-refractivity contribution in [2.45, 2.75) is 86.4 Å². The molecule has 41 heavy (non-hydrogen) atoms. The molecule has 7 heteroatoms. The number of hydrogen-bond acceptors (Lipinski definition) is 5. The van der Waals surface area contributed by atoms with Crippen molar-refractivity contribution in [3.05, 3.63) is 64.8 Å². The largest absolute Gasteiger partial charge is 0.486 e. The van der Waals surface area contributed by atoms with Crippen molar-refractivity contribution in [2.75, 3.05) is 24.6 Å². The van der Waals surface area contributed by atoms with E-state index in [0.29, 0.717) is 35.0 Å². The first-order valence-corrected chi connectivity index (χ1v) is 14.6. The van der Waals surface area contributed by atoms with Crippen LogP contribution >= 0.6 is 0 Å². The summed E-state index contributed by atoms with van der Waals surface area (Å²) in [4.78, 5) is 19.7. The highest BCUT2D eigenvalue weighted by Gasteiger charge is 2.36. The third kappa shape index (κ3) is 7.18. The van der Waals surface area contributed by atoms with Crippen LogP contribution in [-0.4, -0.2) is 41.4 Å². The van der Waals surface area contributed by atoms with Crippen LogP contribution in [0.2, 0.25) is 0 Å². The monoisotopic (exact) mass is 564 g/mol. The van der Waals surface area contributed by atoms with Crippen molar-refractivity contribution >= 4 is 11.7 Å². The lowest BCUT2D eigenvalue weighted by Crippen LogP contribution is -2.39. The average Bonchev–Trinajstić information content (AvgIpc) is 2.87. The van der Waals surface area contributed by atoms with Crippen molar-refractivity contribution in [1.82, 2.24) is 4.98 Å². The molecule has 4 rings (SSSR count). The number of carboxylic acids is 1. The molecule has 0 radical (unpaired) electrons. The lowest BCUT2D eigenvalue weighted by molar-refractivity contribution is -0.160. The zero-order valence-electron chi connectivity index (χ0n) is 25.8. The fourth-order valence-corrected chi connectivity index (χ4v) is 5.67. The summed E-state index contributed by atoms with van der Waals surface area (Å²) < 4.78 is 27.6. The van der Waals surface area contributed by atoms with Gasteiger partial charge in [-0.1, -0.05) is 45.1 Å². The van der Waals surface area contributed by atoms with E-state index < -0.39 is 23.5 Å². The molecule has 1 N–H and O–H groups in total. The van der Waals surface area contributed by atoms with E-state index in [1.54, 1.807) is 6.07 Å². The summed E-state index contributed by atoms with van der Waals surface area (Å²) in [5.74, 6) is -0.990. The molecule has 0 saturated carbocycles. The van der Waals surface area contributed by atoms with Crippen molar-refractivity contribution in [3.63, 3.8) is 0 Å². The van der Waals surface area contributed by atoms with Gasteiger partial charge in [-0.15, -0.1) is 0 Å². The Balaban J connectivity index is 1.81. The van der Waals surface area contributed by atoms with Crippen LogP contribution in [-0.2, 0) is 9.53 Å². The van der Waals surface area contributed by atoms with Crippen LogP contribution in [0.25, 0.3) is 11.1 Å². The van der Waals surface area contributed by atoms with Gasteiger partial charge in [0.05, 0.1) is 11.3 Å². The second-order valence-corrected chi connectivity index (χ2v) is 13.3. The molecule has 1 fully saturated rings. The first-order valence-electron chi connectivity index (χ1n) is 14.6. The fraction of sp³-hybridized carbons (Fsp3) is 0.529. The maximum Gasteiger partial charge on any atom is 0.337 e. The van der Waals surface area contributed by atoms with Crippen molar-refractivity contribution in [2.24, 2.45) is 11.3 Å². The molecule has 0 bridgehead atoms. The highest BCUT2D eigenvalue weighted by Crippen LogP contribution is 2.45. The minimum absolute atomic E-state index is 0.189. The Bertz CT molecular complexity index is 1350. The molecule has 1 aromatic heterocycles. The normalized spacial score (nSPS) is 19.6. The van der Waals surface area contributed by atoms with Crippen LogP contribution in [0.5, 0.6) is 5.75 Å². The van der Waals surface area contributed by atoms with Gasteiger partial charge in [-0.2, -0.15) is 0 Å². The Hall–Kier alpha value is -3.19. The number of nitrogens with zero attached hydrogens (tertiary/aromatic N) is 2. The molecule has 0 amide bonds. The summed E-state index contributed by atoms with van der Waals surface area (Å²) in [6.07, 6.45) is 7.81. The molecule has 0 spiro atoms. The number of carboxylic acid groups (broad SMARTS) is 1. The predicted molar refractivity (Wildman–Crippen MR) is 162 cm³/mol. The number of piperidine rings is 1. The van der Waals surface area contributed by atoms with Gasteiger partial charge in [-0.3, -0.25) is 4.98 Å². The Morgan fingerprint density at radius 2 is 1.88 bits per heavy atom. The maximum absolute atomic E-state index is 15.6. The number of halogens is 1. The summed E-state index contributed by atoms with van der Waals surface area (Å²) >= 11 is 0. The number of ether oxygens (including phenoxy) is 2. The predicted octanol–water partition coefficient (Wildman–Crippen LogP) is 7.97. The summed E-state index contributed by atoms with van der Waals surface area (Å²) in [7, 11) is 0. The first kappa shape index (κ1) is 30.8. The Labute approximate surface area is 244 Å². The van der Waals surface area contributed by atoms with E-state index in [-0.39, 0.29) is 11.2 Å². The Morgan fingerprint density at radius 3 is 2.46 bits per heavy atom. The van der Waals surface area contributed by atoms with E-state index in [0.717, 1.165) is 49.2 Å². The number of anilines is 1. The van der Waals surface area contributed by atoms with E-state index in [9.17, 15) is 9.90 Å². The lowest BCUT2D eigenvalue weighted by atomic mass is 9.82. The summed E-state index contributed by atoms with van der Waals surface area (Å²) in [5.41, 5.74) is 4.60. The van der Waals surface area contributed by atoms with E-state index in [2.05, 4.69) is 31.7 Å². The first-order chi connectivity index (χ1) is 19.2. The second kappa shape index (κ2) is 12.0. The number of rotatable bonds is 8. The van der Waals surface area contributed by atoms with Gasteiger partial charge in [-0.25, -0.2) is 9.18 Å². The van der Waals surface area contributed by atoms with Crippen LogP contribution in [0.3, 0.4) is 0 Å². The SMILES string of the molecule is Cc1nc(C)c([C@H](OC(C)(C)C)C(=O)O)c(N2CCC(C)(C)CC2)c1-c1ccc(OCC2=CC=CCC2C)c(F)c1. The lowest BCUT2D eigenvalue weighted by Gasteiger charge is -2.41. The van der Waals surface area contributed by atoms with E-state index in [4.69, 9.17) is 14.5 Å². The van der Waals surface area contributed by atoms with Crippen LogP contribution in [0.1, 0.15) is 83.9 Å². The minimum atomic E-state index is -1.22. The molecular weight excluding hydrogens is 519 g/mol. The summed E-state index contributed by atoms with van der Waals surface area (Å²) in [5, 5.41) is 10.4. The molecule has 1 aliphatic carbocycles. The Kier molecular flexibility index (Phi) is 8.98. The zero-order valence-corrected chi connectivity index (χ0v) is 25.8. The molecule has 1 saturated heterocycles. The van der Waals surface area contributed by atoms with Crippen LogP contribution < -0.4 is 9.64 Å². The zero-order chi connectivity index (χ0) is 30.1. The van der Waals surface area contributed by atoms with Gasteiger partial charge in [0.1, 0.15) is 6.61 Å². The van der Waals surface area contributed by atoms with Crippen molar-refractivity contribution in [3.8, 4) is 16.9 Å². The van der Waals surface area contributed by atoms with E-state index in [1.165, 1.54) is 6.07 Å². The molecule has 6 nitrogen and oxygen atoms in total. The van der Waals surface area contributed by atoms with Crippen LogP contribution in [0.4, 0.5) is 10.1 Å². The van der Waals surface area contributed by atoms with Gasteiger partial charge in [0.2, 0.25) is 0 Å². The number of benzene rings is 1.